The van der Waals surface area contributed by atoms with E-state index in [0.29, 0.717) is 37.4 Å². The first kappa shape index (κ1) is 16.6. The molecule has 0 saturated carbocycles. The summed E-state index contributed by atoms with van der Waals surface area (Å²) >= 11 is 0. The van der Waals surface area contributed by atoms with Crippen LogP contribution in [0.2, 0.25) is 0 Å². The Morgan fingerprint density at radius 2 is 2.20 bits per heavy atom. The molecule has 0 fully saturated rings. The van der Waals surface area contributed by atoms with E-state index in [2.05, 4.69) is 11.8 Å². The Morgan fingerprint density at radius 3 is 2.80 bits per heavy atom. The molecule has 1 aromatic rings. The van der Waals surface area contributed by atoms with E-state index >= 15 is 0 Å². The number of benzene rings is 1. The van der Waals surface area contributed by atoms with Crippen LogP contribution in [0.3, 0.4) is 0 Å². The number of methoxy groups -OCH3 is 1. The quantitative estimate of drug-likeness (QED) is 0.717. The summed E-state index contributed by atoms with van der Waals surface area (Å²) in [6.45, 7) is 2.39. The van der Waals surface area contributed by atoms with Gasteiger partial charge in [-0.05, 0) is 12.1 Å². The maximum atomic E-state index is 14.0. The van der Waals surface area contributed by atoms with E-state index in [-0.39, 0.29) is 19.0 Å². The Balaban J connectivity index is 2.74. The lowest BCUT2D eigenvalue weighted by atomic mass is 10.1. The molecule has 0 aliphatic rings. The van der Waals surface area contributed by atoms with Gasteiger partial charge in [-0.2, -0.15) is 0 Å². The molecule has 1 rings (SSSR count). The molecule has 0 amide bonds. The fourth-order valence-electron chi connectivity index (χ4n) is 1.78. The zero-order valence-electron chi connectivity index (χ0n) is 11.7. The van der Waals surface area contributed by atoms with Crippen molar-refractivity contribution in [2.45, 2.75) is 6.54 Å². The Labute approximate surface area is 119 Å². The largest absolute Gasteiger partial charge is 0.395 e. The highest BCUT2D eigenvalue weighted by atomic mass is 19.1. The van der Waals surface area contributed by atoms with Gasteiger partial charge in [0.15, 0.2) is 0 Å². The number of hydrogen-bond donors (Lipinski definition) is 2. The first-order valence-corrected chi connectivity index (χ1v) is 6.50. The number of hydrogen-bond acceptors (Lipinski definition) is 4. The van der Waals surface area contributed by atoms with Crippen molar-refractivity contribution in [2.75, 3.05) is 40.0 Å². The minimum absolute atomic E-state index is 0.0331. The van der Waals surface area contributed by atoms with Gasteiger partial charge in [0.25, 0.3) is 0 Å². The van der Waals surface area contributed by atoms with Crippen LogP contribution in [0.15, 0.2) is 18.2 Å². The van der Waals surface area contributed by atoms with Crippen LogP contribution in [0.1, 0.15) is 11.1 Å². The molecule has 0 aromatic heterocycles. The van der Waals surface area contributed by atoms with E-state index in [4.69, 9.17) is 15.6 Å². The molecule has 0 bridgehead atoms. The van der Waals surface area contributed by atoms with Gasteiger partial charge < -0.3 is 15.6 Å². The van der Waals surface area contributed by atoms with Gasteiger partial charge in [0.1, 0.15) is 5.82 Å². The van der Waals surface area contributed by atoms with Crippen LogP contribution in [0.4, 0.5) is 4.39 Å². The van der Waals surface area contributed by atoms with Crippen molar-refractivity contribution in [1.29, 1.82) is 0 Å². The third-order valence-corrected chi connectivity index (χ3v) is 2.81. The van der Waals surface area contributed by atoms with Crippen LogP contribution in [0.25, 0.3) is 0 Å². The second kappa shape index (κ2) is 9.45. The number of rotatable bonds is 7. The lowest BCUT2D eigenvalue weighted by Gasteiger charge is -2.21. The summed E-state index contributed by atoms with van der Waals surface area (Å²) in [5.41, 5.74) is 6.47. The van der Waals surface area contributed by atoms with Gasteiger partial charge in [-0.1, -0.05) is 17.9 Å². The zero-order valence-corrected chi connectivity index (χ0v) is 11.7. The van der Waals surface area contributed by atoms with Crippen LogP contribution in [0, 0.1) is 17.7 Å². The number of halogens is 1. The van der Waals surface area contributed by atoms with Crippen LogP contribution < -0.4 is 5.73 Å². The van der Waals surface area contributed by atoms with Gasteiger partial charge in [0, 0.05) is 37.9 Å². The van der Waals surface area contributed by atoms with Crippen molar-refractivity contribution in [3.63, 3.8) is 0 Å². The summed E-state index contributed by atoms with van der Waals surface area (Å²) in [6.07, 6.45) is 0. The Kier molecular flexibility index (Phi) is 7.85. The highest BCUT2D eigenvalue weighted by molar-refractivity contribution is 5.37. The highest BCUT2D eigenvalue weighted by Crippen LogP contribution is 2.12. The molecule has 4 nitrogen and oxygen atoms in total. The van der Waals surface area contributed by atoms with Crippen molar-refractivity contribution in [1.82, 2.24) is 4.90 Å². The van der Waals surface area contributed by atoms with Crippen molar-refractivity contribution in [2.24, 2.45) is 5.73 Å². The summed E-state index contributed by atoms with van der Waals surface area (Å²) in [6, 6.07) is 4.90. The molecule has 5 heteroatoms. The Morgan fingerprint density at radius 1 is 1.40 bits per heavy atom. The molecular formula is C15H21FN2O2. The maximum Gasteiger partial charge on any atom is 0.128 e. The molecule has 0 saturated heterocycles. The lowest BCUT2D eigenvalue weighted by Crippen LogP contribution is -2.30. The lowest BCUT2D eigenvalue weighted by molar-refractivity contribution is 0.126. The molecule has 3 N–H and O–H groups in total. The SMILES string of the molecule is COCCN(CCO)Cc1ccc(C#CCN)cc1F. The monoisotopic (exact) mass is 280 g/mol. The summed E-state index contributed by atoms with van der Waals surface area (Å²) in [5.74, 6) is 5.19. The first-order chi connectivity index (χ1) is 9.71. The Hall–Kier alpha value is -1.45. The van der Waals surface area contributed by atoms with E-state index in [1.54, 1.807) is 19.2 Å². The van der Waals surface area contributed by atoms with Crippen LogP contribution in [0.5, 0.6) is 0 Å². The molecule has 0 aliphatic carbocycles. The average Bonchev–Trinajstić information content (AvgIpc) is 2.45. The molecule has 0 spiro atoms. The van der Waals surface area contributed by atoms with E-state index in [1.165, 1.54) is 6.07 Å². The molecule has 20 heavy (non-hydrogen) atoms. The summed E-state index contributed by atoms with van der Waals surface area (Å²) in [4.78, 5) is 1.94. The second-order valence-electron chi connectivity index (χ2n) is 4.30. The van der Waals surface area contributed by atoms with Crippen molar-refractivity contribution >= 4 is 0 Å². The fourth-order valence-corrected chi connectivity index (χ4v) is 1.78. The minimum atomic E-state index is -0.297. The van der Waals surface area contributed by atoms with Gasteiger partial charge in [0.2, 0.25) is 0 Å². The molecule has 0 heterocycles. The smallest absolute Gasteiger partial charge is 0.128 e. The normalized spacial score (nSPS) is 10.4. The topological polar surface area (TPSA) is 58.7 Å². The molecule has 0 unspecified atom stereocenters. The molecule has 0 radical (unpaired) electrons. The minimum Gasteiger partial charge on any atom is -0.395 e. The summed E-state index contributed by atoms with van der Waals surface area (Å²) < 4.78 is 19.0. The number of ether oxygens (including phenoxy) is 1. The van der Waals surface area contributed by atoms with Crippen molar-refractivity contribution < 1.29 is 14.2 Å². The van der Waals surface area contributed by atoms with Gasteiger partial charge in [-0.15, -0.1) is 0 Å². The molecular weight excluding hydrogens is 259 g/mol. The molecule has 1 aromatic carbocycles. The predicted octanol–water partition coefficient (Wildman–Crippen LogP) is 0.577. The number of nitrogens with two attached hydrogens (primary N) is 1. The van der Waals surface area contributed by atoms with Crippen LogP contribution in [-0.4, -0.2) is 50.0 Å². The molecule has 0 atom stereocenters. The first-order valence-electron chi connectivity index (χ1n) is 6.50. The van der Waals surface area contributed by atoms with E-state index in [9.17, 15) is 4.39 Å². The third kappa shape index (κ3) is 5.68. The number of nitrogens with zero attached hydrogens (tertiary/aromatic N) is 1. The molecule has 0 aliphatic heterocycles. The average molecular weight is 280 g/mol. The molecule has 110 valence electrons. The maximum absolute atomic E-state index is 14.0. The van der Waals surface area contributed by atoms with Crippen LogP contribution in [-0.2, 0) is 11.3 Å². The zero-order chi connectivity index (χ0) is 14.8. The van der Waals surface area contributed by atoms with Gasteiger partial charge in [-0.25, -0.2) is 4.39 Å². The number of aliphatic hydroxyl groups excluding tert-OH is 1. The number of aliphatic hydroxyl groups is 1. The van der Waals surface area contributed by atoms with E-state index < -0.39 is 0 Å². The van der Waals surface area contributed by atoms with E-state index in [1.807, 2.05) is 4.90 Å². The Bertz CT molecular complexity index is 469. The van der Waals surface area contributed by atoms with Gasteiger partial charge in [0.05, 0.1) is 19.8 Å². The third-order valence-electron chi connectivity index (χ3n) is 2.81. The van der Waals surface area contributed by atoms with Gasteiger partial charge >= 0.3 is 0 Å². The second-order valence-corrected chi connectivity index (χ2v) is 4.30. The highest BCUT2D eigenvalue weighted by Gasteiger charge is 2.09. The predicted molar refractivity (Wildman–Crippen MR) is 76.6 cm³/mol. The van der Waals surface area contributed by atoms with Crippen molar-refractivity contribution in [3.05, 3.63) is 35.1 Å². The van der Waals surface area contributed by atoms with Crippen molar-refractivity contribution in [3.8, 4) is 11.8 Å². The fraction of sp³-hybridized carbons (Fsp3) is 0.467. The summed E-state index contributed by atoms with van der Waals surface area (Å²) in [5, 5.41) is 9.02. The van der Waals surface area contributed by atoms with Crippen LogP contribution >= 0.6 is 0 Å². The van der Waals surface area contributed by atoms with Gasteiger partial charge in [-0.3, -0.25) is 4.90 Å². The standard InChI is InChI=1S/C15H21FN2O2/c1-20-10-8-18(7-9-19)12-14-5-4-13(3-2-6-17)11-15(14)16/h4-5,11,19H,6-10,12,17H2,1H3. The summed E-state index contributed by atoms with van der Waals surface area (Å²) in [7, 11) is 1.61. The van der Waals surface area contributed by atoms with E-state index in [0.717, 1.165) is 0 Å².